The van der Waals surface area contributed by atoms with Gasteiger partial charge in [0.2, 0.25) is 0 Å². The molecule has 2 heterocycles. The minimum Gasteiger partial charge on any atom is -0.462 e. The molecule has 196 valence electrons. The van der Waals surface area contributed by atoms with Crippen LogP contribution in [0.2, 0.25) is 5.02 Å². The van der Waals surface area contributed by atoms with Gasteiger partial charge in [-0.1, -0.05) is 72.1 Å². The highest BCUT2D eigenvalue weighted by atomic mass is 35.5. The van der Waals surface area contributed by atoms with E-state index in [-0.39, 0.29) is 29.4 Å². The van der Waals surface area contributed by atoms with Gasteiger partial charge in [0.05, 0.1) is 12.0 Å². The summed E-state index contributed by atoms with van der Waals surface area (Å²) in [7, 11) is 0. The van der Waals surface area contributed by atoms with Gasteiger partial charge in [-0.15, -0.1) is 0 Å². The summed E-state index contributed by atoms with van der Waals surface area (Å²) in [5.41, 5.74) is 6.03. The second-order valence-electron chi connectivity index (χ2n) is 12.0. The number of benzene rings is 2. The fourth-order valence-electron chi connectivity index (χ4n) is 7.70. The summed E-state index contributed by atoms with van der Waals surface area (Å²) in [6.45, 7) is 9.44. The van der Waals surface area contributed by atoms with Gasteiger partial charge in [0.1, 0.15) is 6.10 Å². The van der Waals surface area contributed by atoms with Crippen molar-refractivity contribution in [2.75, 3.05) is 32.7 Å². The maximum Gasteiger partial charge on any atom is 0.310 e. The zero-order valence-electron chi connectivity index (χ0n) is 22.2. The van der Waals surface area contributed by atoms with E-state index in [9.17, 15) is 4.79 Å². The van der Waals surface area contributed by atoms with E-state index in [0.717, 1.165) is 50.6 Å². The third kappa shape index (κ3) is 4.89. The molecular formula is C32H39ClN2O2. The van der Waals surface area contributed by atoms with Crippen molar-refractivity contribution in [1.29, 1.82) is 0 Å². The van der Waals surface area contributed by atoms with Crippen LogP contribution >= 0.6 is 11.6 Å². The van der Waals surface area contributed by atoms with Crippen molar-refractivity contribution in [3.63, 3.8) is 0 Å². The normalized spacial score (nSPS) is 31.5. The first-order chi connectivity index (χ1) is 17.9. The third-order valence-corrected chi connectivity index (χ3v) is 9.96. The van der Waals surface area contributed by atoms with Crippen LogP contribution in [0.25, 0.3) is 0 Å². The SMILES string of the molecule is CC1=C2C[C@@H]3[C@H](CN4CCN([C@@H](c5ccccc5)c5ccc(Cl)cc5)CC4)C(=O)O[C@@H]3C[C@@]2(C)CCC1. The van der Waals surface area contributed by atoms with Crippen molar-refractivity contribution < 1.29 is 9.53 Å². The molecule has 0 N–H and O–H groups in total. The molecule has 6 rings (SSSR count). The molecule has 4 nitrogen and oxygen atoms in total. The Hall–Kier alpha value is -2.14. The van der Waals surface area contributed by atoms with E-state index in [1.54, 1.807) is 11.1 Å². The molecule has 1 saturated carbocycles. The Balaban J connectivity index is 1.14. The number of carbonyl (C=O) groups is 1. The fraction of sp³-hybridized carbons (Fsp3) is 0.531. The lowest BCUT2D eigenvalue weighted by Crippen LogP contribution is -2.50. The molecule has 0 radical (unpaired) electrons. The van der Waals surface area contributed by atoms with E-state index in [4.69, 9.17) is 16.3 Å². The highest BCUT2D eigenvalue weighted by Gasteiger charge is 2.53. The molecule has 0 spiro atoms. The van der Waals surface area contributed by atoms with Crippen molar-refractivity contribution in [2.24, 2.45) is 17.3 Å². The average Bonchev–Trinajstić information content (AvgIpc) is 3.19. The zero-order valence-corrected chi connectivity index (χ0v) is 22.9. The van der Waals surface area contributed by atoms with Gasteiger partial charge in [0.25, 0.3) is 0 Å². The van der Waals surface area contributed by atoms with E-state index < -0.39 is 0 Å². The van der Waals surface area contributed by atoms with Crippen LogP contribution in [0.1, 0.15) is 63.1 Å². The number of ether oxygens (including phenoxy) is 1. The number of allylic oxidation sites excluding steroid dienone is 2. The number of hydrogen-bond acceptors (Lipinski definition) is 4. The minimum absolute atomic E-state index is 0.00418. The maximum absolute atomic E-state index is 13.1. The largest absolute Gasteiger partial charge is 0.462 e. The summed E-state index contributed by atoms with van der Waals surface area (Å²) in [4.78, 5) is 18.2. The van der Waals surface area contributed by atoms with Gasteiger partial charge in [0, 0.05) is 43.7 Å². The second-order valence-corrected chi connectivity index (χ2v) is 12.5. The summed E-state index contributed by atoms with van der Waals surface area (Å²) >= 11 is 6.20. The Kier molecular flexibility index (Phi) is 6.94. The number of nitrogens with zero attached hydrogens (tertiary/aromatic N) is 2. The van der Waals surface area contributed by atoms with Crippen molar-refractivity contribution >= 4 is 17.6 Å². The second kappa shape index (κ2) is 10.2. The van der Waals surface area contributed by atoms with Crippen LogP contribution in [0.4, 0.5) is 0 Å². The summed E-state index contributed by atoms with van der Waals surface area (Å²) in [5, 5.41) is 0.768. The van der Waals surface area contributed by atoms with Gasteiger partial charge < -0.3 is 4.74 Å². The quantitative estimate of drug-likeness (QED) is 0.334. The number of esters is 1. The summed E-state index contributed by atoms with van der Waals surface area (Å²) < 4.78 is 6.04. The zero-order chi connectivity index (χ0) is 25.6. The topological polar surface area (TPSA) is 32.8 Å². The number of carbonyl (C=O) groups excluding carboxylic acids is 1. The molecule has 2 aromatic rings. The monoisotopic (exact) mass is 518 g/mol. The molecule has 2 aliphatic heterocycles. The van der Waals surface area contributed by atoms with E-state index >= 15 is 0 Å². The van der Waals surface area contributed by atoms with Gasteiger partial charge >= 0.3 is 5.97 Å². The average molecular weight is 519 g/mol. The molecule has 2 aromatic carbocycles. The van der Waals surface area contributed by atoms with E-state index in [1.165, 1.54) is 30.4 Å². The molecule has 5 heteroatoms. The lowest BCUT2D eigenvalue weighted by Gasteiger charge is -2.46. The highest BCUT2D eigenvalue weighted by Crippen LogP contribution is 2.55. The summed E-state index contributed by atoms with van der Waals surface area (Å²) in [6, 6.07) is 19.3. The van der Waals surface area contributed by atoms with E-state index in [1.807, 2.05) is 12.1 Å². The maximum atomic E-state index is 13.1. The fourth-order valence-corrected chi connectivity index (χ4v) is 7.82. The van der Waals surface area contributed by atoms with Gasteiger partial charge in [-0.2, -0.15) is 0 Å². The molecule has 37 heavy (non-hydrogen) atoms. The predicted molar refractivity (Wildman–Crippen MR) is 149 cm³/mol. The smallest absolute Gasteiger partial charge is 0.310 e. The van der Waals surface area contributed by atoms with Crippen LogP contribution in [0, 0.1) is 17.3 Å². The Morgan fingerprint density at radius 1 is 1.03 bits per heavy atom. The third-order valence-electron chi connectivity index (χ3n) is 9.71. The van der Waals surface area contributed by atoms with E-state index in [2.05, 4.69) is 66.1 Å². The predicted octanol–water partition coefficient (Wildman–Crippen LogP) is 6.51. The Bertz CT molecular complexity index is 1160. The Labute approximate surface area is 226 Å². The van der Waals surface area contributed by atoms with Crippen LogP contribution in [0.3, 0.4) is 0 Å². The summed E-state index contributed by atoms with van der Waals surface area (Å²) in [6.07, 6.45) is 5.90. The first kappa shape index (κ1) is 25.2. The first-order valence-corrected chi connectivity index (χ1v) is 14.5. The Morgan fingerprint density at radius 3 is 2.46 bits per heavy atom. The number of piperazine rings is 1. The van der Waals surface area contributed by atoms with Crippen LogP contribution in [0.5, 0.6) is 0 Å². The van der Waals surface area contributed by atoms with Crippen molar-refractivity contribution in [1.82, 2.24) is 9.80 Å². The van der Waals surface area contributed by atoms with Crippen LogP contribution < -0.4 is 0 Å². The van der Waals surface area contributed by atoms with Crippen LogP contribution in [-0.2, 0) is 9.53 Å². The molecular weight excluding hydrogens is 480 g/mol. The number of fused-ring (bicyclic) bond motifs is 2. The van der Waals surface area contributed by atoms with Crippen LogP contribution in [-0.4, -0.2) is 54.6 Å². The molecule has 2 aliphatic carbocycles. The number of rotatable bonds is 5. The molecule has 0 amide bonds. The number of halogens is 1. The number of hydrogen-bond donors (Lipinski definition) is 0. The highest BCUT2D eigenvalue weighted by molar-refractivity contribution is 6.30. The first-order valence-electron chi connectivity index (χ1n) is 14.1. The molecule has 0 unspecified atom stereocenters. The van der Waals surface area contributed by atoms with E-state index in [0.29, 0.717) is 5.92 Å². The standard InChI is InChI=1S/C32H39ClN2O2/c1-22-7-6-14-32(2)20-29-26(19-28(22)32)27(31(36)37-29)21-34-15-17-35(18-16-34)30(23-8-4-3-5-9-23)24-10-12-25(33)13-11-24/h3-5,8-13,26-27,29-30H,6-7,14-21H2,1-2H3/t26-,27+,29-,30+,32-/m1/s1. The van der Waals surface area contributed by atoms with Crippen molar-refractivity contribution in [2.45, 2.75) is 58.1 Å². The molecule has 3 fully saturated rings. The Morgan fingerprint density at radius 2 is 1.73 bits per heavy atom. The van der Waals surface area contributed by atoms with Gasteiger partial charge in [-0.05, 0) is 67.7 Å². The van der Waals surface area contributed by atoms with Crippen molar-refractivity contribution in [3.8, 4) is 0 Å². The van der Waals surface area contributed by atoms with Gasteiger partial charge in [0.15, 0.2) is 0 Å². The molecule has 2 saturated heterocycles. The molecule has 0 aromatic heterocycles. The molecule has 5 atom stereocenters. The lowest BCUT2D eigenvalue weighted by atomic mass is 9.59. The van der Waals surface area contributed by atoms with Crippen LogP contribution in [0.15, 0.2) is 65.7 Å². The molecule has 4 aliphatic rings. The van der Waals surface area contributed by atoms with Gasteiger partial charge in [-0.3, -0.25) is 14.6 Å². The summed E-state index contributed by atoms with van der Waals surface area (Å²) in [5.74, 6) is 0.388. The minimum atomic E-state index is 0.00418. The van der Waals surface area contributed by atoms with Gasteiger partial charge in [-0.25, -0.2) is 0 Å². The van der Waals surface area contributed by atoms with Crippen molar-refractivity contribution in [3.05, 3.63) is 81.9 Å². The molecule has 0 bridgehead atoms. The lowest BCUT2D eigenvalue weighted by molar-refractivity contribution is -0.145.